The molecule has 0 radical (unpaired) electrons. The van der Waals surface area contributed by atoms with Gasteiger partial charge in [0.15, 0.2) is 0 Å². The van der Waals surface area contributed by atoms with Crippen LogP contribution in [0.2, 0.25) is 0 Å². The predicted molar refractivity (Wildman–Crippen MR) is 86.3 cm³/mol. The van der Waals surface area contributed by atoms with Gasteiger partial charge in [0.2, 0.25) is 0 Å². The van der Waals surface area contributed by atoms with Crippen LogP contribution in [0.25, 0.3) is 0 Å². The van der Waals surface area contributed by atoms with Crippen molar-refractivity contribution in [3.63, 3.8) is 0 Å². The second kappa shape index (κ2) is 5.77. The number of anilines is 2. The summed E-state index contributed by atoms with van der Waals surface area (Å²) in [5.41, 5.74) is 10.4. The summed E-state index contributed by atoms with van der Waals surface area (Å²) < 4.78 is 1.94. The molecule has 0 atom stereocenters. The van der Waals surface area contributed by atoms with Crippen LogP contribution in [0.1, 0.15) is 11.3 Å². The van der Waals surface area contributed by atoms with Crippen molar-refractivity contribution in [2.45, 2.75) is 13.5 Å². The van der Waals surface area contributed by atoms with Crippen molar-refractivity contribution in [3.8, 4) is 0 Å². The minimum absolute atomic E-state index is 0.824. The van der Waals surface area contributed by atoms with Gasteiger partial charge in [-0.3, -0.25) is 9.58 Å². The van der Waals surface area contributed by atoms with Crippen LogP contribution in [0.4, 0.5) is 11.4 Å². The number of hydrogen-bond donors (Lipinski definition) is 1. The molecule has 0 saturated carbocycles. The maximum atomic E-state index is 5.75. The first-order chi connectivity index (χ1) is 10.1. The SMILES string of the molecule is Cc1c(CN2CCN(c3ccc(N)cc3)CC2)cnn1C. The smallest absolute Gasteiger partial charge is 0.0537 e. The van der Waals surface area contributed by atoms with E-state index in [2.05, 4.69) is 34.0 Å². The lowest BCUT2D eigenvalue weighted by Gasteiger charge is -2.36. The number of nitrogens with zero attached hydrogens (tertiary/aromatic N) is 4. The average molecular weight is 285 g/mol. The van der Waals surface area contributed by atoms with E-state index in [-0.39, 0.29) is 0 Å². The van der Waals surface area contributed by atoms with Gasteiger partial charge in [0.25, 0.3) is 0 Å². The molecule has 0 aliphatic carbocycles. The highest BCUT2D eigenvalue weighted by atomic mass is 15.3. The van der Waals surface area contributed by atoms with E-state index in [1.807, 2.05) is 30.1 Å². The summed E-state index contributed by atoms with van der Waals surface area (Å²) in [6.07, 6.45) is 1.99. The Labute approximate surface area is 126 Å². The predicted octanol–water partition coefficient (Wildman–Crippen LogP) is 1.63. The summed E-state index contributed by atoms with van der Waals surface area (Å²) in [4.78, 5) is 4.92. The summed E-state index contributed by atoms with van der Waals surface area (Å²) in [6.45, 7) is 7.41. The van der Waals surface area contributed by atoms with Gasteiger partial charge in [-0.1, -0.05) is 0 Å². The van der Waals surface area contributed by atoms with Crippen molar-refractivity contribution >= 4 is 11.4 Å². The van der Waals surface area contributed by atoms with Crippen LogP contribution in [-0.2, 0) is 13.6 Å². The van der Waals surface area contributed by atoms with Crippen LogP contribution in [0, 0.1) is 6.92 Å². The van der Waals surface area contributed by atoms with Gasteiger partial charge in [0.1, 0.15) is 0 Å². The number of benzene rings is 1. The summed E-state index contributed by atoms with van der Waals surface area (Å²) >= 11 is 0. The van der Waals surface area contributed by atoms with E-state index >= 15 is 0 Å². The maximum Gasteiger partial charge on any atom is 0.0537 e. The van der Waals surface area contributed by atoms with Gasteiger partial charge >= 0.3 is 0 Å². The normalized spacial score (nSPS) is 16.4. The number of rotatable bonds is 3. The molecule has 21 heavy (non-hydrogen) atoms. The first kappa shape index (κ1) is 13.9. The van der Waals surface area contributed by atoms with E-state index in [4.69, 9.17) is 5.73 Å². The summed E-state index contributed by atoms with van der Waals surface area (Å²) in [6, 6.07) is 8.16. The number of aromatic nitrogens is 2. The molecule has 1 aliphatic rings. The zero-order valence-electron chi connectivity index (χ0n) is 12.8. The highest BCUT2D eigenvalue weighted by molar-refractivity contribution is 5.53. The van der Waals surface area contributed by atoms with Gasteiger partial charge < -0.3 is 10.6 Å². The zero-order valence-corrected chi connectivity index (χ0v) is 12.8. The molecule has 2 aromatic rings. The van der Waals surface area contributed by atoms with Gasteiger partial charge in [-0.05, 0) is 31.2 Å². The van der Waals surface area contributed by atoms with E-state index in [0.29, 0.717) is 0 Å². The molecular formula is C16H23N5. The van der Waals surface area contributed by atoms with Crippen molar-refractivity contribution in [1.29, 1.82) is 0 Å². The molecule has 1 aliphatic heterocycles. The van der Waals surface area contributed by atoms with Crippen molar-refractivity contribution in [2.75, 3.05) is 36.8 Å². The molecule has 0 unspecified atom stereocenters. The van der Waals surface area contributed by atoms with E-state index < -0.39 is 0 Å². The van der Waals surface area contributed by atoms with Crippen molar-refractivity contribution in [3.05, 3.63) is 41.7 Å². The Kier molecular flexibility index (Phi) is 3.84. The Hall–Kier alpha value is -2.01. The molecule has 0 spiro atoms. The molecule has 0 amide bonds. The third kappa shape index (κ3) is 3.03. The molecule has 112 valence electrons. The average Bonchev–Trinajstić information content (AvgIpc) is 2.81. The van der Waals surface area contributed by atoms with Crippen LogP contribution in [-0.4, -0.2) is 40.9 Å². The molecule has 0 bridgehead atoms. The molecule has 1 aromatic carbocycles. The van der Waals surface area contributed by atoms with E-state index in [0.717, 1.165) is 38.4 Å². The van der Waals surface area contributed by atoms with Crippen molar-refractivity contribution in [2.24, 2.45) is 7.05 Å². The van der Waals surface area contributed by atoms with Gasteiger partial charge in [0.05, 0.1) is 6.20 Å². The van der Waals surface area contributed by atoms with Crippen LogP contribution < -0.4 is 10.6 Å². The van der Waals surface area contributed by atoms with Crippen LogP contribution in [0.3, 0.4) is 0 Å². The van der Waals surface area contributed by atoms with E-state index in [9.17, 15) is 0 Å². The van der Waals surface area contributed by atoms with E-state index in [1.165, 1.54) is 16.9 Å². The van der Waals surface area contributed by atoms with Gasteiger partial charge in [-0.15, -0.1) is 0 Å². The first-order valence-corrected chi connectivity index (χ1v) is 7.44. The van der Waals surface area contributed by atoms with Crippen molar-refractivity contribution < 1.29 is 0 Å². The third-order valence-corrected chi connectivity index (χ3v) is 4.36. The summed E-state index contributed by atoms with van der Waals surface area (Å²) in [5.74, 6) is 0. The Morgan fingerprint density at radius 2 is 1.76 bits per heavy atom. The van der Waals surface area contributed by atoms with Gasteiger partial charge in [-0.25, -0.2) is 0 Å². The first-order valence-electron chi connectivity index (χ1n) is 7.44. The molecule has 5 heteroatoms. The van der Waals surface area contributed by atoms with Gasteiger partial charge in [0, 0.05) is 62.4 Å². The number of nitrogens with two attached hydrogens (primary N) is 1. The topological polar surface area (TPSA) is 50.3 Å². The lowest BCUT2D eigenvalue weighted by atomic mass is 10.2. The number of nitrogen functional groups attached to an aromatic ring is 1. The second-order valence-corrected chi connectivity index (χ2v) is 5.73. The second-order valence-electron chi connectivity index (χ2n) is 5.73. The lowest BCUT2D eigenvalue weighted by molar-refractivity contribution is 0.249. The van der Waals surface area contributed by atoms with Gasteiger partial charge in [-0.2, -0.15) is 5.10 Å². The molecule has 1 saturated heterocycles. The molecule has 2 heterocycles. The molecule has 1 aromatic heterocycles. The molecule has 2 N–H and O–H groups in total. The van der Waals surface area contributed by atoms with Crippen molar-refractivity contribution in [1.82, 2.24) is 14.7 Å². The van der Waals surface area contributed by atoms with Crippen LogP contribution >= 0.6 is 0 Å². The zero-order chi connectivity index (χ0) is 14.8. The quantitative estimate of drug-likeness (QED) is 0.871. The maximum absolute atomic E-state index is 5.75. The van der Waals surface area contributed by atoms with Crippen LogP contribution in [0.5, 0.6) is 0 Å². The lowest BCUT2D eigenvalue weighted by Crippen LogP contribution is -2.46. The minimum Gasteiger partial charge on any atom is -0.399 e. The fourth-order valence-electron chi connectivity index (χ4n) is 2.79. The number of piperazine rings is 1. The highest BCUT2D eigenvalue weighted by Crippen LogP contribution is 2.19. The Bertz CT molecular complexity index is 594. The highest BCUT2D eigenvalue weighted by Gasteiger charge is 2.18. The molecule has 3 rings (SSSR count). The Morgan fingerprint density at radius 3 is 2.33 bits per heavy atom. The number of aryl methyl sites for hydroxylation is 1. The van der Waals surface area contributed by atoms with E-state index in [1.54, 1.807) is 0 Å². The number of hydrogen-bond acceptors (Lipinski definition) is 4. The Balaban J connectivity index is 1.58. The fraction of sp³-hybridized carbons (Fsp3) is 0.438. The standard InChI is InChI=1S/C16H23N5/c1-13-14(11-18-19(13)2)12-20-7-9-21(10-8-20)16-5-3-15(17)4-6-16/h3-6,11H,7-10,12,17H2,1-2H3. The molecule has 1 fully saturated rings. The molecule has 5 nitrogen and oxygen atoms in total. The largest absolute Gasteiger partial charge is 0.399 e. The summed E-state index contributed by atoms with van der Waals surface area (Å²) in [5, 5.41) is 4.32. The molecular weight excluding hydrogens is 262 g/mol. The fourth-order valence-corrected chi connectivity index (χ4v) is 2.79. The third-order valence-electron chi connectivity index (χ3n) is 4.36. The Morgan fingerprint density at radius 1 is 1.10 bits per heavy atom. The monoisotopic (exact) mass is 285 g/mol. The minimum atomic E-state index is 0.824. The van der Waals surface area contributed by atoms with Crippen LogP contribution in [0.15, 0.2) is 30.5 Å². The summed E-state index contributed by atoms with van der Waals surface area (Å²) in [7, 11) is 2.00.